The van der Waals surface area contributed by atoms with Crippen molar-refractivity contribution in [3.63, 3.8) is 0 Å². The van der Waals surface area contributed by atoms with E-state index in [-0.39, 0.29) is 11.9 Å². The summed E-state index contributed by atoms with van der Waals surface area (Å²) in [4.78, 5) is 16.0. The number of carbonyl (C=O) groups is 1. The van der Waals surface area contributed by atoms with E-state index in [2.05, 4.69) is 15.5 Å². The zero-order valence-corrected chi connectivity index (χ0v) is 11.0. The number of aryl methyl sites for hydroxylation is 2. The van der Waals surface area contributed by atoms with Crippen molar-refractivity contribution in [1.29, 1.82) is 0 Å². The number of rotatable bonds is 6. The van der Waals surface area contributed by atoms with Gasteiger partial charge in [-0.15, -0.1) is 0 Å². The number of furan rings is 1. The van der Waals surface area contributed by atoms with E-state index in [1.54, 1.807) is 13.2 Å². The van der Waals surface area contributed by atoms with Gasteiger partial charge in [0.2, 0.25) is 11.8 Å². The van der Waals surface area contributed by atoms with Gasteiger partial charge in [-0.3, -0.25) is 4.79 Å². The van der Waals surface area contributed by atoms with Gasteiger partial charge in [0.15, 0.2) is 5.82 Å². The predicted molar refractivity (Wildman–Crippen MR) is 67.2 cm³/mol. The van der Waals surface area contributed by atoms with E-state index in [1.807, 2.05) is 19.1 Å². The zero-order chi connectivity index (χ0) is 13.7. The Balaban J connectivity index is 1.86. The molecule has 0 radical (unpaired) electrons. The van der Waals surface area contributed by atoms with E-state index < -0.39 is 0 Å². The van der Waals surface area contributed by atoms with Crippen molar-refractivity contribution in [2.24, 2.45) is 0 Å². The summed E-state index contributed by atoms with van der Waals surface area (Å²) in [5, 5.41) is 6.72. The highest BCUT2D eigenvalue weighted by Gasteiger charge is 2.17. The summed E-state index contributed by atoms with van der Waals surface area (Å²) in [6.45, 7) is 3.69. The Morgan fingerprint density at radius 1 is 1.53 bits per heavy atom. The molecule has 1 unspecified atom stereocenters. The van der Waals surface area contributed by atoms with Gasteiger partial charge in [-0.25, -0.2) is 0 Å². The predicted octanol–water partition coefficient (Wildman–Crippen LogP) is 2.17. The SMILES string of the molecule is CCC(NC(=O)CCc1ccco1)c1noc(C)n1. The largest absolute Gasteiger partial charge is 0.469 e. The van der Waals surface area contributed by atoms with E-state index in [9.17, 15) is 4.79 Å². The first-order chi connectivity index (χ1) is 9.19. The van der Waals surface area contributed by atoms with Crippen LogP contribution >= 0.6 is 0 Å². The van der Waals surface area contributed by atoms with Crippen LogP contribution in [0.5, 0.6) is 0 Å². The molecule has 2 heterocycles. The number of hydrogen-bond acceptors (Lipinski definition) is 5. The van der Waals surface area contributed by atoms with Gasteiger partial charge in [0, 0.05) is 19.8 Å². The molecule has 0 bridgehead atoms. The lowest BCUT2D eigenvalue weighted by atomic mass is 10.2. The van der Waals surface area contributed by atoms with Crippen LogP contribution < -0.4 is 5.32 Å². The minimum Gasteiger partial charge on any atom is -0.469 e. The first-order valence-corrected chi connectivity index (χ1v) is 6.31. The second-order valence-corrected chi connectivity index (χ2v) is 4.28. The van der Waals surface area contributed by atoms with E-state index >= 15 is 0 Å². The molecule has 0 fully saturated rings. The number of hydrogen-bond donors (Lipinski definition) is 1. The van der Waals surface area contributed by atoms with Crippen LogP contribution in [0, 0.1) is 6.92 Å². The monoisotopic (exact) mass is 263 g/mol. The first kappa shape index (κ1) is 13.3. The maximum atomic E-state index is 11.8. The summed E-state index contributed by atoms with van der Waals surface area (Å²) >= 11 is 0. The van der Waals surface area contributed by atoms with Crippen LogP contribution in [0.4, 0.5) is 0 Å². The van der Waals surface area contributed by atoms with Gasteiger partial charge in [0.1, 0.15) is 5.76 Å². The fourth-order valence-corrected chi connectivity index (χ4v) is 1.76. The van der Waals surface area contributed by atoms with Gasteiger partial charge in [0.05, 0.1) is 12.3 Å². The molecule has 6 heteroatoms. The highest BCUT2D eigenvalue weighted by atomic mass is 16.5. The van der Waals surface area contributed by atoms with E-state index in [4.69, 9.17) is 8.94 Å². The Morgan fingerprint density at radius 3 is 2.95 bits per heavy atom. The van der Waals surface area contributed by atoms with Crippen molar-refractivity contribution in [3.05, 3.63) is 35.9 Å². The molecule has 2 aromatic rings. The van der Waals surface area contributed by atoms with Crippen LogP contribution in [0.15, 0.2) is 27.3 Å². The summed E-state index contributed by atoms with van der Waals surface area (Å²) in [5.74, 6) is 1.77. The number of aromatic nitrogens is 2. The van der Waals surface area contributed by atoms with Crippen LogP contribution in [-0.4, -0.2) is 16.0 Å². The molecule has 1 atom stereocenters. The standard InChI is InChI=1S/C13H17N3O3/c1-3-11(13-14-9(2)19-16-13)15-12(17)7-6-10-5-4-8-18-10/h4-5,8,11H,3,6-7H2,1-2H3,(H,15,17). The number of nitrogens with zero attached hydrogens (tertiary/aromatic N) is 2. The molecule has 102 valence electrons. The number of nitrogens with one attached hydrogen (secondary N) is 1. The third kappa shape index (κ3) is 3.67. The summed E-state index contributed by atoms with van der Waals surface area (Å²) in [5.41, 5.74) is 0. The van der Waals surface area contributed by atoms with Crippen LogP contribution in [0.25, 0.3) is 0 Å². The maximum absolute atomic E-state index is 11.8. The lowest BCUT2D eigenvalue weighted by Gasteiger charge is -2.12. The minimum atomic E-state index is -0.207. The van der Waals surface area contributed by atoms with Crippen molar-refractivity contribution in [2.45, 2.75) is 39.2 Å². The Hall–Kier alpha value is -2.11. The maximum Gasteiger partial charge on any atom is 0.223 e. The van der Waals surface area contributed by atoms with Crippen LogP contribution in [0.1, 0.15) is 43.3 Å². The molecule has 0 spiro atoms. The molecule has 2 aromatic heterocycles. The van der Waals surface area contributed by atoms with E-state index in [0.29, 0.717) is 31.0 Å². The van der Waals surface area contributed by atoms with Gasteiger partial charge in [-0.05, 0) is 18.6 Å². The molecular weight excluding hydrogens is 246 g/mol. The second kappa shape index (κ2) is 6.17. The molecule has 2 rings (SSSR count). The Labute approximate surface area is 111 Å². The van der Waals surface area contributed by atoms with Gasteiger partial charge in [0.25, 0.3) is 0 Å². The summed E-state index contributed by atoms with van der Waals surface area (Å²) in [7, 11) is 0. The molecule has 0 aliphatic carbocycles. The van der Waals surface area contributed by atoms with Crippen molar-refractivity contribution < 1.29 is 13.7 Å². The molecule has 1 N–H and O–H groups in total. The Morgan fingerprint density at radius 2 is 2.37 bits per heavy atom. The average Bonchev–Trinajstić information content (AvgIpc) is 3.04. The quantitative estimate of drug-likeness (QED) is 0.863. The molecule has 0 saturated heterocycles. The molecule has 0 saturated carbocycles. The second-order valence-electron chi connectivity index (χ2n) is 4.28. The highest BCUT2D eigenvalue weighted by Crippen LogP contribution is 2.13. The topological polar surface area (TPSA) is 81.2 Å². The molecule has 0 aliphatic heterocycles. The number of carbonyl (C=O) groups excluding carboxylic acids is 1. The summed E-state index contributed by atoms with van der Waals surface area (Å²) < 4.78 is 10.1. The van der Waals surface area contributed by atoms with Crippen LogP contribution in [0.3, 0.4) is 0 Å². The van der Waals surface area contributed by atoms with Crippen molar-refractivity contribution in [1.82, 2.24) is 15.5 Å². The van der Waals surface area contributed by atoms with Crippen LogP contribution in [0.2, 0.25) is 0 Å². The normalized spacial score (nSPS) is 12.3. The van der Waals surface area contributed by atoms with Gasteiger partial charge in [-0.2, -0.15) is 4.98 Å². The third-order valence-electron chi connectivity index (χ3n) is 2.78. The van der Waals surface area contributed by atoms with E-state index in [1.165, 1.54) is 0 Å². The molecule has 19 heavy (non-hydrogen) atoms. The lowest BCUT2D eigenvalue weighted by molar-refractivity contribution is -0.122. The fraction of sp³-hybridized carbons (Fsp3) is 0.462. The van der Waals surface area contributed by atoms with Crippen molar-refractivity contribution >= 4 is 5.91 Å². The Bertz CT molecular complexity index is 519. The molecular formula is C13H17N3O3. The van der Waals surface area contributed by atoms with Gasteiger partial charge >= 0.3 is 0 Å². The average molecular weight is 263 g/mol. The van der Waals surface area contributed by atoms with Crippen molar-refractivity contribution in [2.75, 3.05) is 0 Å². The highest BCUT2D eigenvalue weighted by molar-refractivity contribution is 5.76. The fourth-order valence-electron chi connectivity index (χ4n) is 1.76. The zero-order valence-electron chi connectivity index (χ0n) is 11.0. The molecule has 1 amide bonds. The van der Waals surface area contributed by atoms with Gasteiger partial charge in [-0.1, -0.05) is 12.1 Å². The molecule has 0 aromatic carbocycles. The molecule has 0 aliphatic rings. The molecule has 6 nitrogen and oxygen atoms in total. The third-order valence-corrected chi connectivity index (χ3v) is 2.78. The van der Waals surface area contributed by atoms with Crippen LogP contribution in [-0.2, 0) is 11.2 Å². The lowest BCUT2D eigenvalue weighted by Crippen LogP contribution is -2.29. The van der Waals surface area contributed by atoms with Crippen molar-refractivity contribution in [3.8, 4) is 0 Å². The van der Waals surface area contributed by atoms with E-state index in [0.717, 1.165) is 5.76 Å². The number of amides is 1. The first-order valence-electron chi connectivity index (χ1n) is 6.31. The summed E-state index contributed by atoms with van der Waals surface area (Å²) in [6, 6.07) is 3.46. The smallest absolute Gasteiger partial charge is 0.223 e. The van der Waals surface area contributed by atoms with Gasteiger partial charge < -0.3 is 14.3 Å². The Kier molecular flexibility index (Phi) is 4.33. The summed E-state index contributed by atoms with van der Waals surface area (Å²) in [6.07, 6.45) is 3.27. The minimum absolute atomic E-state index is 0.0503.